The Balaban J connectivity index is 1.45. The van der Waals surface area contributed by atoms with Crippen molar-refractivity contribution in [3.63, 3.8) is 0 Å². The van der Waals surface area contributed by atoms with E-state index in [-0.39, 0.29) is 43.0 Å². The van der Waals surface area contributed by atoms with Gasteiger partial charge in [0.05, 0.1) is 27.4 Å². The molecule has 0 aliphatic carbocycles. The number of halogens is 3. The van der Waals surface area contributed by atoms with E-state index in [1.54, 1.807) is 18.2 Å². The summed E-state index contributed by atoms with van der Waals surface area (Å²) in [6.45, 7) is -0.319. The topological polar surface area (TPSA) is 131 Å². The van der Waals surface area contributed by atoms with Crippen molar-refractivity contribution >= 4 is 32.8 Å². The molecule has 4 aromatic rings. The lowest BCUT2D eigenvalue weighted by atomic mass is 9.81. The van der Waals surface area contributed by atoms with Gasteiger partial charge in [-0.3, -0.25) is 0 Å². The lowest BCUT2D eigenvalue weighted by Crippen LogP contribution is -2.43. The first kappa shape index (κ1) is 32.8. The van der Waals surface area contributed by atoms with Crippen LogP contribution in [0, 0.1) is 23.4 Å². The number of hydrogen-bond acceptors (Lipinski definition) is 9. The predicted octanol–water partition coefficient (Wildman–Crippen LogP) is 5.53. The van der Waals surface area contributed by atoms with Crippen molar-refractivity contribution in [2.24, 2.45) is 5.92 Å². The van der Waals surface area contributed by atoms with Crippen LogP contribution in [0.3, 0.4) is 0 Å². The number of methoxy groups -OCH3 is 2. The number of likely N-dealkylation sites (tertiary alicyclic amines) is 1. The van der Waals surface area contributed by atoms with Crippen molar-refractivity contribution in [3.05, 3.63) is 89.5 Å². The molecule has 0 bridgehead atoms. The molecule has 1 aliphatic heterocycles. The van der Waals surface area contributed by atoms with E-state index in [4.69, 9.17) is 14.2 Å². The second kappa shape index (κ2) is 13.8. The number of aromatic nitrogens is 2. The van der Waals surface area contributed by atoms with Gasteiger partial charge in [-0.15, -0.1) is 0 Å². The average molecular weight is 679 g/mol. The van der Waals surface area contributed by atoms with Crippen LogP contribution in [-0.4, -0.2) is 67.8 Å². The molecule has 1 unspecified atom stereocenters. The standard InChI is InChI=1S/C30H29F3N4O7S2/c1-42-23-8-5-19(25(13-23)43-2)14-37(29-34-17-35-45-29)46(40,41)27-12-22(32)11-26(28(27)33)44-16-20-9-10-36(30(38)39)15-24(20)18-3-6-21(31)7-4-18/h3-8,11-13,17,20,24H,9-10,14-16H2,1-2H3,(H,38,39)/t20-,24?/m0/s1. The first-order valence-corrected chi connectivity index (χ1v) is 16.1. The number of ether oxygens (including phenoxy) is 3. The number of amides is 1. The quantitative estimate of drug-likeness (QED) is 0.218. The summed E-state index contributed by atoms with van der Waals surface area (Å²) in [6.07, 6.45) is 0.326. The van der Waals surface area contributed by atoms with Crippen LogP contribution in [0.15, 0.2) is 65.8 Å². The van der Waals surface area contributed by atoms with E-state index in [1.807, 2.05) is 0 Å². The van der Waals surface area contributed by atoms with E-state index in [9.17, 15) is 27.1 Å². The van der Waals surface area contributed by atoms with Crippen LogP contribution >= 0.6 is 11.5 Å². The Morgan fingerprint density at radius 1 is 1.04 bits per heavy atom. The molecular formula is C30H29F3N4O7S2. The molecule has 46 heavy (non-hydrogen) atoms. The molecule has 2 atom stereocenters. The fourth-order valence-corrected chi connectivity index (χ4v) is 7.50. The largest absolute Gasteiger partial charge is 0.497 e. The highest BCUT2D eigenvalue weighted by molar-refractivity contribution is 7.93. The zero-order valence-corrected chi connectivity index (χ0v) is 26.2. The minimum Gasteiger partial charge on any atom is -0.497 e. The predicted molar refractivity (Wildman–Crippen MR) is 162 cm³/mol. The molecule has 244 valence electrons. The Morgan fingerprint density at radius 2 is 1.80 bits per heavy atom. The van der Waals surface area contributed by atoms with Crippen molar-refractivity contribution in [1.29, 1.82) is 0 Å². The number of nitrogens with zero attached hydrogens (tertiary/aromatic N) is 4. The Bertz CT molecular complexity index is 1790. The minimum absolute atomic E-state index is 0.0753. The number of piperidine rings is 1. The molecule has 3 aromatic carbocycles. The smallest absolute Gasteiger partial charge is 0.407 e. The third kappa shape index (κ3) is 6.97. The van der Waals surface area contributed by atoms with E-state index >= 15 is 4.39 Å². The number of rotatable bonds is 11. The number of carbonyl (C=O) groups is 1. The molecule has 2 heterocycles. The summed E-state index contributed by atoms with van der Waals surface area (Å²) in [5.41, 5.74) is 1.03. The third-order valence-electron chi connectivity index (χ3n) is 7.69. The Kier molecular flexibility index (Phi) is 9.86. The highest BCUT2D eigenvalue weighted by Crippen LogP contribution is 2.37. The van der Waals surface area contributed by atoms with Gasteiger partial charge in [-0.25, -0.2) is 35.7 Å². The van der Waals surface area contributed by atoms with Crippen LogP contribution in [0.5, 0.6) is 17.2 Å². The van der Waals surface area contributed by atoms with Gasteiger partial charge in [-0.05, 0) is 42.3 Å². The molecular weight excluding hydrogens is 649 g/mol. The lowest BCUT2D eigenvalue weighted by molar-refractivity contribution is 0.0977. The Labute approximate surface area is 267 Å². The van der Waals surface area contributed by atoms with Crippen LogP contribution < -0.4 is 18.5 Å². The van der Waals surface area contributed by atoms with Crippen molar-refractivity contribution in [3.8, 4) is 17.2 Å². The van der Waals surface area contributed by atoms with Crippen LogP contribution in [-0.2, 0) is 16.6 Å². The lowest BCUT2D eigenvalue weighted by Gasteiger charge is -2.37. The van der Waals surface area contributed by atoms with Crippen molar-refractivity contribution < 1.29 is 45.7 Å². The van der Waals surface area contributed by atoms with E-state index < -0.39 is 50.1 Å². The van der Waals surface area contributed by atoms with Crippen molar-refractivity contribution in [2.75, 3.05) is 38.2 Å². The van der Waals surface area contributed by atoms with Crippen LogP contribution in [0.4, 0.5) is 23.1 Å². The van der Waals surface area contributed by atoms with Crippen molar-refractivity contribution in [2.45, 2.75) is 23.8 Å². The summed E-state index contributed by atoms with van der Waals surface area (Å²) in [6, 6.07) is 11.6. The summed E-state index contributed by atoms with van der Waals surface area (Å²) in [5.74, 6) is -3.58. The van der Waals surface area contributed by atoms with Gasteiger partial charge in [0, 0.05) is 54.2 Å². The molecule has 1 amide bonds. The molecule has 0 spiro atoms. The van der Waals surface area contributed by atoms with Gasteiger partial charge in [0.1, 0.15) is 34.4 Å². The van der Waals surface area contributed by atoms with Gasteiger partial charge in [0.2, 0.25) is 5.13 Å². The number of hydrogen-bond donors (Lipinski definition) is 1. The second-order valence-corrected chi connectivity index (χ2v) is 13.0. The van der Waals surface area contributed by atoms with Crippen LogP contribution in [0.1, 0.15) is 23.5 Å². The van der Waals surface area contributed by atoms with Gasteiger partial charge < -0.3 is 24.2 Å². The van der Waals surface area contributed by atoms with Gasteiger partial charge in [0.25, 0.3) is 10.0 Å². The summed E-state index contributed by atoms with van der Waals surface area (Å²) >= 11 is 0.741. The molecule has 1 saturated heterocycles. The normalized spacial score (nSPS) is 16.6. The molecule has 0 radical (unpaired) electrons. The van der Waals surface area contributed by atoms with E-state index in [2.05, 4.69) is 9.36 Å². The number of sulfonamides is 1. The van der Waals surface area contributed by atoms with Gasteiger partial charge in [-0.1, -0.05) is 12.1 Å². The minimum atomic E-state index is -4.80. The molecule has 1 fully saturated rings. The molecule has 1 aromatic heterocycles. The Morgan fingerprint density at radius 3 is 2.46 bits per heavy atom. The maximum Gasteiger partial charge on any atom is 0.407 e. The number of benzene rings is 3. The molecule has 16 heteroatoms. The molecule has 0 saturated carbocycles. The fourth-order valence-electron chi connectivity index (χ4n) is 5.28. The number of carboxylic acid groups (broad SMARTS) is 1. The summed E-state index contributed by atoms with van der Waals surface area (Å²) in [4.78, 5) is 15.9. The molecule has 11 nitrogen and oxygen atoms in total. The molecule has 5 rings (SSSR count). The zero-order chi connectivity index (χ0) is 33.0. The fraction of sp³-hybridized carbons (Fsp3) is 0.300. The molecule has 1 N–H and O–H groups in total. The summed E-state index contributed by atoms with van der Waals surface area (Å²) in [7, 11) is -1.95. The van der Waals surface area contributed by atoms with Gasteiger partial charge in [0.15, 0.2) is 11.6 Å². The first-order valence-electron chi connectivity index (χ1n) is 13.9. The van der Waals surface area contributed by atoms with E-state index in [1.165, 1.54) is 43.4 Å². The van der Waals surface area contributed by atoms with Gasteiger partial charge in [-0.2, -0.15) is 4.37 Å². The second-order valence-electron chi connectivity index (χ2n) is 10.4. The van der Waals surface area contributed by atoms with E-state index in [0.717, 1.165) is 28.2 Å². The van der Waals surface area contributed by atoms with Crippen molar-refractivity contribution in [1.82, 2.24) is 14.3 Å². The summed E-state index contributed by atoms with van der Waals surface area (Å²) in [5, 5.41) is 9.44. The highest BCUT2D eigenvalue weighted by atomic mass is 32.2. The van der Waals surface area contributed by atoms with E-state index in [0.29, 0.717) is 29.4 Å². The number of anilines is 1. The maximum absolute atomic E-state index is 16.0. The highest BCUT2D eigenvalue weighted by Gasteiger charge is 2.35. The maximum atomic E-state index is 16.0. The monoisotopic (exact) mass is 678 g/mol. The average Bonchev–Trinajstić information content (AvgIpc) is 3.58. The zero-order valence-electron chi connectivity index (χ0n) is 24.6. The third-order valence-corrected chi connectivity index (χ3v) is 10.2. The first-order chi connectivity index (χ1) is 22.0. The van der Waals surface area contributed by atoms with Gasteiger partial charge >= 0.3 is 6.09 Å². The Hall–Kier alpha value is -4.57. The molecule has 1 aliphatic rings. The summed E-state index contributed by atoms with van der Waals surface area (Å²) < 4.78 is 93.6. The SMILES string of the molecule is COc1ccc(CN(c2ncns2)S(=O)(=O)c2cc(F)cc(OC[C@@H]3CCN(C(=O)O)CC3c3ccc(F)cc3)c2F)c(OC)c1. The van der Waals surface area contributed by atoms with Crippen LogP contribution in [0.2, 0.25) is 0 Å². The van der Waals surface area contributed by atoms with Crippen LogP contribution in [0.25, 0.3) is 0 Å².